The lowest BCUT2D eigenvalue weighted by atomic mass is 10.1. The first-order valence-corrected chi connectivity index (χ1v) is 5.92. The van der Waals surface area contributed by atoms with Crippen molar-refractivity contribution in [2.24, 2.45) is 5.73 Å². The van der Waals surface area contributed by atoms with Crippen LogP contribution in [0.3, 0.4) is 0 Å². The van der Waals surface area contributed by atoms with Gasteiger partial charge < -0.3 is 25.3 Å². The number of carbonyl (C=O) groups excluding carboxylic acids is 1. The van der Waals surface area contributed by atoms with Crippen molar-refractivity contribution >= 4 is 5.91 Å². The van der Waals surface area contributed by atoms with E-state index in [1.54, 1.807) is 27.4 Å². The Bertz CT molecular complexity index is 435. The SMILES string of the molecule is COc1ccc(CCNC(=O)CN)c(OC)c1OC. The van der Waals surface area contributed by atoms with Gasteiger partial charge in [0.2, 0.25) is 11.7 Å². The van der Waals surface area contributed by atoms with Crippen molar-refractivity contribution in [3.05, 3.63) is 17.7 Å². The summed E-state index contributed by atoms with van der Waals surface area (Å²) < 4.78 is 15.8. The highest BCUT2D eigenvalue weighted by Gasteiger charge is 2.15. The number of carbonyl (C=O) groups is 1. The summed E-state index contributed by atoms with van der Waals surface area (Å²) in [5, 5.41) is 2.71. The Labute approximate surface area is 112 Å². The van der Waals surface area contributed by atoms with Crippen LogP contribution in [-0.2, 0) is 11.2 Å². The van der Waals surface area contributed by atoms with Crippen LogP contribution in [0.2, 0.25) is 0 Å². The van der Waals surface area contributed by atoms with Crippen molar-refractivity contribution in [2.45, 2.75) is 6.42 Å². The van der Waals surface area contributed by atoms with Gasteiger partial charge in [0.05, 0.1) is 27.9 Å². The Morgan fingerprint density at radius 1 is 1.16 bits per heavy atom. The van der Waals surface area contributed by atoms with Gasteiger partial charge in [-0.2, -0.15) is 0 Å². The van der Waals surface area contributed by atoms with E-state index in [1.165, 1.54) is 0 Å². The fourth-order valence-electron chi connectivity index (χ4n) is 1.77. The second kappa shape index (κ2) is 7.48. The average Bonchev–Trinajstić information content (AvgIpc) is 2.45. The monoisotopic (exact) mass is 268 g/mol. The summed E-state index contributed by atoms with van der Waals surface area (Å²) in [6, 6.07) is 3.69. The van der Waals surface area contributed by atoms with Crippen molar-refractivity contribution in [2.75, 3.05) is 34.4 Å². The van der Waals surface area contributed by atoms with E-state index in [0.29, 0.717) is 30.2 Å². The minimum Gasteiger partial charge on any atom is -0.493 e. The summed E-state index contributed by atoms with van der Waals surface area (Å²) in [5.74, 6) is 1.59. The van der Waals surface area contributed by atoms with Crippen LogP contribution in [0, 0.1) is 0 Å². The summed E-state index contributed by atoms with van der Waals surface area (Å²) in [5.41, 5.74) is 6.15. The number of methoxy groups -OCH3 is 3. The van der Waals surface area contributed by atoms with Crippen LogP contribution in [0.5, 0.6) is 17.2 Å². The number of amides is 1. The third kappa shape index (κ3) is 3.75. The number of ether oxygens (including phenoxy) is 3. The Morgan fingerprint density at radius 2 is 1.84 bits per heavy atom. The van der Waals surface area contributed by atoms with Gasteiger partial charge in [0.1, 0.15) is 0 Å². The van der Waals surface area contributed by atoms with E-state index in [1.807, 2.05) is 6.07 Å². The summed E-state index contributed by atoms with van der Waals surface area (Å²) >= 11 is 0. The molecule has 1 rings (SSSR count). The Hall–Kier alpha value is -1.95. The highest BCUT2D eigenvalue weighted by atomic mass is 16.5. The Morgan fingerprint density at radius 3 is 2.37 bits per heavy atom. The topological polar surface area (TPSA) is 82.8 Å². The van der Waals surface area contributed by atoms with E-state index >= 15 is 0 Å². The van der Waals surface area contributed by atoms with Gasteiger partial charge in [-0.05, 0) is 12.5 Å². The molecule has 0 radical (unpaired) electrons. The van der Waals surface area contributed by atoms with Crippen LogP contribution in [0.4, 0.5) is 0 Å². The zero-order valence-corrected chi connectivity index (χ0v) is 11.5. The highest BCUT2D eigenvalue weighted by molar-refractivity contribution is 5.77. The quantitative estimate of drug-likeness (QED) is 0.744. The maximum absolute atomic E-state index is 11.1. The summed E-state index contributed by atoms with van der Waals surface area (Å²) in [6.45, 7) is 0.477. The number of rotatable bonds is 7. The summed E-state index contributed by atoms with van der Waals surface area (Å²) in [4.78, 5) is 11.1. The number of hydrogen-bond donors (Lipinski definition) is 2. The lowest BCUT2D eigenvalue weighted by molar-refractivity contribution is -0.119. The van der Waals surface area contributed by atoms with E-state index in [2.05, 4.69) is 5.32 Å². The van der Waals surface area contributed by atoms with E-state index < -0.39 is 0 Å². The first-order valence-electron chi connectivity index (χ1n) is 5.92. The molecule has 0 saturated heterocycles. The molecule has 0 bridgehead atoms. The number of benzene rings is 1. The molecule has 0 saturated carbocycles. The summed E-state index contributed by atoms with van der Waals surface area (Å²) in [7, 11) is 4.69. The Kier molecular flexibility index (Phi) is 5.95. The average molecular weight is 268 g/mol. The first kappa shape index (κ1) is 15.1. The van der Waals surface area contributed by atoms with Gasteiger partial charge in [-0.15, -0.1) is 0 Å². The van der Waals surface area contributed by atoms with Crippen LogP contribution in [0.1, 0.15) is 5.56 Å². The van der Waals surface area contributed by atoms with E-state index in [9.17, 15) is 4.79 Å². The molecular formula is C13H20N2O4. The predicted molar refractivity (Wildman–Crippen MR) is 71.9 cm³/mol. The summed E-state index contributed by atoms with van der Waals surface area (Å²) in [6.07, 6.45) is 0.620. The lowest BCUT2D eigenvalue weighted by Gasteiger charge is -2.15. The van der Waals surface area contributed by atoms with E-state index in [-0.39, 0.29) is 12.5 Å². The van der Waals surface area contributed by atoms with Crippen molar-refractivity contribution in [1.29, 1.82) is 0 Å². The molecule has 19 heavy (non-hydrogen) atoms. The fourth-order valence-corrected chi connectivity index (χ4v) is 1.77. The predicted octanol–water partition coefficient (Wildman–Crippen LogP) is 0.330. The molecule has 6 heteroatoms. The van der Waals surface area contributed by atoms with Crippen molar-refractivity contribution < 1.29 is 19.0 Å². The van der Waals surface area contributed by atoms with Gasteiger partial charge in [-0.1, -0.05) is 6.07 Å². The molecule has 0 aliphatic rings. The van der Waals surface area contributed by atoms with Crippen LogP contribution in [0.15, 0.2) is 12.1 Å². The molecule has 0 aliphatic carbocycles. The second-order valence-electron chi connectivity index (χ2n) is 3.80. The molecule has 106 valence electrons. The van der Waals surface area contributed by atoms with Gasteiger partial charge in [0.25, 0.3) is 0 Å². The molecule has 0 aromatic heterocycles. The number of nitrogens with two attached hydrogens (primary N) is 1. The van der Waals surface area contributed by atoms with E-state index in [4.69, 9.17) is 19.9 Å². The molecule has 1 amide bonds. The molecule has 1 aromatic carbocycles. The zero-order chi connectivity index (χ0) is 14.3. The van der Waals surface area contributed by atoms with Crippen molar-refractivity contribution in [3.8, 4) is 17.2 Å². The maximum Gasteiger partial charge on any atom is 0.233 e. The Balaban J connectivity index is 2.86. The highest BCUT2D eigenvalue weighted by Crippen LogP contribution is 2.39. The molecule has 1 aromatic rings. The van der Waals surface area contributed by atoms with Gasteiger partial charge in [0, 0.05) is 12.1 Å². The largest absolute Gasteiger partial charge is 0.493 e. The third-order valence-corrected chi connectivity index (χ3v) is 2.69. The van der Waals surface area contributed by atoms with Crippen LogP contribution < -0.4 is 25.3 Å². The van der Waals surface area contributed by atoms with Gasteiger partial charge in [-0.3, -0.25) is 4.79 Å². The minimum atomic E-state index is -0.181. The van der Waals surface area contributed by atoms with Gasteiger partial charge in [0.15, 0.2) is 11.5 Å². The van der Waals surface area contributed by atoms with Gasteiger partial charge >= 0.3 is 0 Å². The van der Waals surface area contributed by atoms with Gasteiger partial charge in [-0.25, -0.2) is 0 Å². The molecule has 6 nitrogen and oxygen atoms in total. The standard InChI is InChI=1S/C13H20N2O4/c1-17-10-5-4-9(6-7-15-11(16)8-14)12(18-2)13(10)19-3/h4-5H,6-8,14H2,1-3H3,(H,15,16). The smallest absolute Gasteiger partial charge is 0.233 e. The van der Waals surface area contributed by atoms with Crippen LogP contribution >= 0.6 is 0 Å². The molecule has 0 atom stereocenters. The molecule has 0 fully saturated rings. The maximum atomic E-state index is 11.1. The molecule has 0 heterocycles. The van der Waals surface area contributed by atoms with Crippen molar-refractivity contribution in [1.82, 2.24) is 5.32 Å². The number of hydrogen-bond acceptors (Lipinski definition) is 5. The zero-order valence-electron chi connectivity index (χ0n) is 11.5. The minimum absolute atomic E-state index is 0.0108. The molecule has 0 spiro atoms. The first-order chi connectivity index (χ1) is 9.17. The normalized spacial score (nSPS) is 9.89. The van der Waals surface area contributed by atoms with Crippen LogP contribution in [0.25, 0.3) is 0 Å². The van der Waals surface area contributed by atoms with Crippen LogP contribution in [-0.4, -0.2) is 40.3 Å². The third-order valence-electron chi connectivity index (χ3n) is 2.69. The van der Waals surface area contributed by atoms with E-state index in [0.717, 1.165) is 5.56 Å². The number of nitrogens with one attached hydrogen (secondary N) is 1. The van der Waals surface area contributed by atoms with Crippen molar-refractivity contribution in [3.63, 3.8) is 0 Å². The molecular weight excluding hydrogens is 248 g/mol. The molecule has 3 N–H and O–H groups in total. The lowest BCUT2D eigenvalue weighted by Crippen LogP contribution is -2.31. The fraction of sp³-hybridized carbons (Fsp3) is 0.462. The molecule has 0 unspecified atom stereocenters. The second-order valence-corrected chi connectivity index (χ2v) is 3.80. The molecule has 0 aliphatic heterocycles.